The third-order valence-corrected chi connectivity index (χ3v) is 3.72. The molecule has 0 spiro atoms. The Labute approximate surface area is 146 Å². The Hall–Kier alpha value is -3.28. The van der Waals surface area contributed by atoms with Crippen molar-refractivity contribution in [1.29, 1.82) is 0 Å². The van der Waals surface area contributed by atoms with Crippen molar-refractivity contribution in [3.63, 3.8) is 0 Å². The van der Waals surface area contributed by atoms with E-state index < -0.39 is 0 Å². The number of aromatic nitrogens is 3. The van der Waals surface area contributed by atoms with E-state index in [1.54, 1.807) is 24.5 Å². The molecule has 2 aromatic heterocycles. The molecule has 3 aromatic rings. The molecule has 0 radical (unpaired) electrons. The first-order valence-electron chi connectivity index (χ1n) is 7.97. The average Bonchev–Trinajstić information content (AvgIpc) is 2.63. The summed E-state index contributed by atoms with van der Waals surface area (Å²) in [5, 5.41) is 14.1. The molecule has 1 aromatic carbocycles. The van der Waals surface area contributed by atoms with Gasteiger partial charge in [0.1, 0.15) is 5.82 Å². The zero-order chi connectivity index (χ0) is 17.6. The number of pyridine rings is 1. The minimum absolute atomic E-state index is 0.270. The van der Waals surface area contributed by atoms with E-state index in [4.69, 9.17) is 0 Å². The van der Waals surface area contributed by atoms with Crippen molar-refractivity contribution in [2.75, 3.05) is 10.6 Å². The molecule has 6 heteroatoms. The average molecular weight is 333 g/mol. The lowest BCUT2D eigenvalue weighted by Gasteiger charge is -2.09. The van der Waals surface area contributed by atoms with E-state index in [0.29, 0.717) is 12.4 Å². The summed E-state index contributed by atoms with van der Waals surface area (Å²) < 4.78 is 0. The second-order valence-electron chi connectivity index (χ2n) is 5.79. The van der Waals surface area contributed by atoms with Crippen molar-refractivity contribution < 1.29 is 4.79 Å². The van der Waals surface area contributed by atoms with Crippen molar-refractivity contribution in [2.45, 2.75) is 20.4 Å². The Morgan fingerprint density at radius 3 is 2.64 bits per heavy atom. The molecule has 0 bridgehead atoms. The fourth-order valence-electron chi connectivity index (χ4n) is 2.38. The summed E-state index contributed by atoms with van der Waals surface area (Å²) in [6, 6.07) is 13.1. The second-order valence-corrected chi connectivity index (χ2v) is 5.79. The minimum Gasteiger partial charge on any atom is -0.364 e. The van der Waals surface area contributed by atoms with Gasteiger partial charge in [0.2, 0.25) is 0 Å². The molecule has 1 amide bonds. The lowest BCUT2D eigenvalue weighted by atomic mass is 10.1. The number of carbonyl (C=O) groups excluding carboxylic acids is 1. The van der Waals surface area contributed by atoms with Gasteiger partial charge >= 0.3 is 0 Å². The van der Waals surface area contributed by atoms with Gasteiger partial charge in [0, 0.05) is 24.6 Å². The molecule has 0 unspecified atom stereocenters. The van der Waals surface area contributed by atoms with Crippen LogP contribution in [0.5, 0.6) is 0 Å². The van der Waals surface area contributed by atoms with Gasteiger partial charge in [-0.1, -0.05) is 23.8 Å². The minimum atomic E-state index is -0.279. The highest BCUT2D eigenvalue weighted by Gasteiger charge is 2.10. The topological polar surface area (TPSA) is 79.8 Å². The fourth-order valence-corrected chi connectivity index (χ4v) is 2.38. The maximum Gasteiger partial charge on any atom is 0.276 e. The molecule has 2 heterocycles. The van der Waals surface area contributed by atoms with E-state index in [-0.39, 0.29) is 11.6 Å². The van der Waals surface area contributed by atoms with Crippen LogP contribution < -0.4 is 10.6 Å². The smallest absolute Gasteiger partial charge is 0.276 e. The number of amides is 1. The molecule has 3 rings (SSSR count). The first kappa shape index (κ1) is 16.6. The van der Waals surface area contributed by atoms with Crippen LogP contribution in [0.25, 0.3) is 0 Å². The molecule has 2 N–H and O–H groups in total. The third kappa shape index (κ3) is 4.38. The van der Waals surface area contributed by atoms with Crippen LogP contribution >= 0.6 is 0 Å². The molecule has 6 nitrogen and oxygen atoms in total. The Morgan fingerprint density at radius 2 is 1.96 bits per heavy atom. The number of benzene rings is 1. The SMILES string of the molecule is Cc1ccc(NC(=O)c2ccc(NCc3cccnc3)nn2)c(C)c1. The standard InChI is InChI=1S/C19H19N5O/c1-13-5-6-16(14(2)10-13)22-19(25)17-7-8-18(24-23-17)21-12-15-4-3-9-20-11-15/h3-11H,12H2,1-2H3,(H,21,24)(H,22,25). The molecule has 126 valence electrons. The van der Waals surface area contributed by atoms with Crippen LogP contribution in [-0.4, -0.2) is 21.1 Å². The fraction of sp³-hybridized carbons (Fsp3) is 0.158. The quantitative estimate of drug-likeness (QED) is 0.748. The predicted octanol–water partition coefficient (Wildman–Crippen LogP) is 3.35. The summed E-state index contributed by atoms with van der Waals surface area (Å²) in [6.07, 6.45) is 3.51. The molecular formula is C19H19N5O. The van der Waals surface area contributed by atoms with Gasteiger partial charge in [-0.05, 0) is 49.2 Å². The van der Waals surface area contributed by atoms with Crippen molar-refractivity contribution in [1.82, 2.24) is 15.2 Å². The van der Waals surface area contributed by atoms with Crippen LogP contribution in [-0.2, 0) is 6.54 Å². The number of nitrogens with one attached hydrogen (secondary N) is 2. The van der Waals surface area contributed by atoms with Gasteiger partial charge < -0.3 is 10.6 Å². The van der Waals surface area contributed by atoms with E-state index >= 15 is 0 Å². The van der Waals surface area contributed by atoms with Gasteiger partial charge in [-0.3, -0.25) is 9.78 Å². The molecule has 0 saturated carbocycles. The zero-order valence-electron chi connectivity index (χ0n) is 14.2. The number of hydrogen-bond donors (Lipinski definition) is 2. The van der Waals surface area contributed by atoms with Gasteiger partial charge in [0.15, 0.2) is 5.69 Å². The van der Waals surface area contributed by atoms with Crippen molar-refractivity contribution >= 4 is 17.4 Å². The summed E-state index contributed by atoms with van der Waals surface area (Å²) in [7, 11) is 0. The van der Waals surface area contributed by atoms with Gasteiger partial charge in [-0.15, -0.1) is 10.2 Å². The maximum absolute atomic E-state index is 12.3. The Kier molecular flexibility index (Phi) is 4.99. The highest BCUT2D eigenvalue weighted by molar-refractivity contribution is 6.03. The van der Waals surface area contributed by atoms with Crippen LogP contribution in [0.1, 0.15) is 27.2 Å². The summed E-state index contributed by atoms with van der Waals surface area (Å²) in [4.78, 5) is 16.4. The van der Waals surface area contributed by atoms with Crippen LogP contribution in [0.15, 0.2) is 54.9 Å². The number of nitrogens with zero attached hydrogens (tertiary/aromatic N) is 3. The molecular weight excluding hydrogens is 314 g/mol. The number of hydrogen-bond acceptors (Lipinski definition) is 5. The van der Waals surface area contributed by atoms with E-state index in [1.807, 2.05) is 44.2 Å². The van der Waals surface area contributed by atoms with Crippen LogP contribution in [0.3, 0.4) is 0 Å². The van der Waals surface area contributed by atoms with Gasteiger partial charge in [0.25, 0.3) is 5.91 Å². The Bertz CT molecular complexity index is 863. The summed E-state index contributed by atoms with van der Waals surface area (Å²) in [5.41, 5.74) is 4.25. The highest BCUT2D eigenvalue weighted by atomic mass is 16.1. The Morgan fingerprint density at radius 1 is 1.08 bits per heavy atom. The first-order valence-corrected chi connectivity index (χ1v) is 7.97. The number of aryl methyl sites for hydroxylation is 2. The molecule has 0 aliphatic heterocycles. The first-order chi connectivity index (χ1) is 12.1. The largest absolute Gasteiger partial charge is 0.364 e. The monoisotopic (exact) mass is 333 g/mol. The molecule has 0 saturated heterocycles. The van der Waals surface area contributed by atoms with E-state index in [2.05, 4.69) is 25.8 Å². The molecule has 0 fully saturated rings. The predicted molar refractivity (Wildman–Crippen MR) is 97.5 cm³/mol. The lowest BCUT2D eigenvalue weighted by molar-refractivity contribution is 0.102. The summed E-state index contributed by atoms with van der Waals surface area (Å²) >= 11 is 0. The van der Waals surface area contributed by atoms with E-state index in [0.717, 1.165) is 22.4 Å². The summed E-state index contributed by atoms with van der Waals surface area (Å²) in [5.74, 6) is 0.324. The van der Waals surface area contributed by atoms with Crippen LogP contribution in [0.2, 0.25) is 0 Å². The van der Waals surface area contributed by atoms with Crippen LogP contribution in [0.4, 0.5) is 11.5 Å². The number of rotatable bonds is 5. The van der Waals surface area contributed by atoms with Crippen LogP contribution in [0, 0.1) is 13.8 Å². The number of carbonyl (C=O) groups is 1. The normalized spacial score (nSPS) is 10.3. The number of anilines is 2. The third-order valence-electron chi connectivity index (χ3n) is 3.72. The lowest BCUT2D eigenvalue weighted by Crippen LogP contribution is -2.15. The van der Waals surface area contributed by atoms with Gasteiger partial charge in [-0.2, -0.15) is 0 Å². The van der Waals surface area contributed by atoms with E-state index in [1.165, 1.54) is 0 Å². The van der Waals surface area contributed by atoms with E-state index in [9.17, 15) is 4.79 Å². The summed E-state index contributed by atoms with van der Waals surface area (Å²) in [6.45, 7) is 4.57. The van der Waals surface area contributed by atoms with Crippen molar-refractivity contribution in [3.05, 3.63) is 77.2 Å². The zero-order valence-corrected chi connectivity index (χ0v) is 14.2. The maximum atomic E-state index is 12.3. The molecule has 25 heavy (non-hydrogen) atoms. The molecule has 0 aliphatic carbocycles. The van der Waals surface area contributed by atoms with Crippen molar-refractivity contribution in [3.8, 4) is 0 Å². The van der Waals surface area contributed by atoms with Crippen molar-refractivity contribution in [2.24, 2.45) is 0 Å². The highest BCUT2D eigenvalue weighted by Crippen LogP contribution is 2.17. The molecule has 0 aliphatic rings. The van der Waals surface area contributed by atoms with Gasteiger partial charge in [0.05, 0.1) is 0 Å². The molecule has 0 atom stereocenters. The Balaban J connectivity index is 1.62. The van der Waals surface area contributed by atoms with Gasteiger partial charge in [-0.25, -0.2) is 0 Å². The second kappa shape index (κ2) is 7.53.